The molecule has 21 heavy (non-hydrogen) atoms. The summed E-state index contributed by atoms with van der Waals surface area (Å²) in [5.74, 6) is 1.48. The van der Waals surface area contributed by atoms with Gasteiger partial charge in [0.25, 0.3) is 0 Å². The van der Waals surface area contributed by atoms with E-state index in [1.54, 1.807) is 0 Å². The Balaban J connectivity index is 1.80. The van der Waals surface area contributed by atoms with Crippen molar-refractivity contribution in [1.82, 2.24) is 10.2 Å². The van der Waals surface area contributed by atoms with Crippen LogP contribution in [0.4, 0.5) is 0 Å². The molecule has 1 saturated heterocycles. The van der Waals surface area contributed by atoms with Crippen molar-refractivity contribution in [3.63, 3.8) is 0 Å². The highest BCUT2D eigenvalue weighted by molar-refractivity contribution is 5.24. The van der Waals surface area contributed by atoms with Crippen molar-refractivity contribution in [2.45, 2.75) is 59.0 Å². The smallest absolute Gasteiger partial charge is 0.0233 e. The molecule has 1 N–H and O–H groups in total. The fourth-order valence-electron chi connectivity index (χ4n) is 3.37. The number of rotatable bonds is 6. The Labute approximate surface area is 130 Å². The number of nitrogens with one attached hydrogen (secondary N) is 1. The van der Waals surface area contributed by atoms with Crippen LogP contribution in [0.2, 0.25) is 0 Å². The molecule has 0 spiro atoms. The highest BCUT2D eigenvalue weighted by atomic mass is 15.1. The third-order valence-electron chi connectivity index (χ3n) is 4.92. The Morgan fingerprint density at radius 1 is 1.10 bits per heavy atom. The van der Waals surface area contributed by atoms with Crippen LogP contribution in [0.25, 0.3) is 0 Å². The predicted octanol–water partition coefficient (Wildman–Crippen LogP) is 4.02. The van der Waals surface area contributed by atoms with E-state index in [0.29, 0.717) is 12.0 Å². The van der Waals surface area contributed by atoms with Crippen molar-refractivity contribution in [1.29, 1.82) is 0 Å². The van der Waals surface area contributed by atoms with Gasteiger partial charge < -0.3 is 5.32 Å². The summed E-state index contributed by atoms with van der Waals surface area (Å²) in [4.78, 5) is 2.61. The van der Waals surface area contributed by atoms with Gasteiger partial charge in [0.1, 0.15) is 0 Å². The Kier molecular flexibility index (Phi) is 6.25. The molecule has 1 aliphatic heterocycles. The number of hydrogen-bond donors (Lipinski definition) is 1. The first-order chi connectivity index (χ1) is 10.1. The summed E-state index contributed by atoms with van der Waals surface area (Å²) < 4.78 is 0. The third-order valence-corrected chi connectivity index (χ3v) is 4.92. The Morgan fingerprint density at radius 3 is 2.24 bits per heavy atom. The van der Waals surface area contributed by atoms with E-state index in [-0.39, 0.29) is 0 Å². The maximum Gasteiger partial charge on any atom is 0.0233 e. The van der Waals surface area contributed by atoms with Gasteiger partial charge in [-0.2, -0.15) is 0 Å². The largest absolute Gasteiger partial charge is 0.314 e. The molecule has 118 valence electrons. The minimum atomic E-state index is 0.627. The number of likely N-dealkylation sites (tertiary alicyclic amines) is 1. The van der Waals surface area contributed by atoms with Gasteiger partial charge in [0.05, 0.1) is 0 Å². The average Bonchev–Trinajstić information content (AvgIpc) is 2.49. The molecule has 1 heterocycles. The Bertz CT molecular complexity index is 402. The molecule has 2 rings (SSSR count). The molecule has 2 nitrogen and oxygen atoms in total. The Morgan fingerprint density at radius 2 is 1.71 bits per heavy atom. The monoisotopic (exact) mass is 288 g/mol. The molecule has 1 aromatic carbocycles. The molecular weight excluding hydrogens is 256 g/mol. The second-order valence-corrected chi connectivity index (χ2v) is 6.86. The van der Waals surface area contributed by atoms with Gasteiger partial charge in [-0.15, -0.1) is 0 Å². The lowest BCUT2D eigenvalue weighted by Gasteiger charge is -2.35. The van der Waals surface area contributed by atoms with Gasteiger partial charge in [-0.25, -0.2) is 0 Å². The van der Waals surface area contributed by atoms with Gasteiger partial charge in [0.15, 0.2) is 0 Å². The van der Waals surface area contributed by atoms with Crippen LogP contribution in [0.5, 0.6) is 0 Å². The minimum Gasteiger partial charge on any atom is -0.314 e. The second-order valence-electron chi connectivity index (χ2n) is 6.86. The van der Waals surface area contributed by atoms with Crippen molar-refractivity contribution in [3.8, 4) is 0 Å². The van der Waals surface area contributed by atoms with Crippen LogP contribution in [0.15, 0.2) is 24.3 Å². The van der Waals surface area contributed by atoms with Crippen LogP contribution in [-0.4, -0.2) is 30.6 Å². The number of benzene rings is 1. The molecule has 0 amide bonds. The second kappa shape index (κ2) is 7.95. The quantitative estimate of drug-likeness (QED) is 0.850. The number of hydrogen-bond acceptors (Lipinski definition) is 2. The normalized spacial score (nSPS) is 19.1. The van der Waals surface area contributed by atoms with E-state index in [9.17, 15) is 0 Å². The molecule has 0 radical (unpaired) electrons. The lowest BCUT2D eigenvalue weighted by Crippen LogP contribution is -2.41. The maximum absolute atomic E-state index is 3.58. The molecule has 0 aromatic heterocycles. The summed E-state index contributed by atoms with van der Waals surface area (Å²) in [6, 6.07) is 9.87. The minimum absolute atomic E-state index is 0.627. The highest BCUT2D eigenvalue weighted by Crippen LogP contribution is 2.22. The Hall–Kier alpha value is -0.860. The van der Waals surface area contributed by atoms with Gasteiger partial charge >= 0.3 is 0 Å². The molecule has 0 aliphatic carbocycles. The lowest BCUT2D eigenvalue weighted by molar-refractivity contribution is 0.157. The summed E-state index contributed by atoms with van der Waals surface area (Å²) in [5, 5.41) is 3.58. The number of piperidine rings is 1. The van der Waals surface area contributed by atoms with Crippen molar-refractivity contribution in [2.24, 2.45) is 5.92 Å². The zero-order valence-corrected chi connectivity index (χ0v) is 14.2. The molecule has 0 saturated carbocycles. The van der Waals surface area contributed by atoms with E-state index in [0.717, 1.165) is 19.0 Å². The van der Waals surface area contributed by atoms with Crippen LogP contribution in [0.1, 0.15) is 57.6 Å². The zero-order valence-electron chi connectivity index (χ0n) is 14.2. The van der Waals surface area contributed by atoms with Gasteiger partial charge in [0.2, 0.25) is 0 Å². The summed E-state index contributed by atoms with van der Waals surface area (Å²) >= 11 is 0. The number of nitrogens with zero attached hydrogens (tertiary/aromatic N) is 1. The van der Waals surface area contributed by atoms with Gasteiger partial charge in [-0.05, 0) is 62.4 Å². The average molecular weight is 288 g/mol. The van der Waals surface area contributed by atoms with Crippen LogP contribution >= 0.6 is 0 Å². The van der Waals surface area contributed by atoms with Gasteiger partial charge in [0, 0.05) is 12.6 Å². The highest BCUT2D eigenvalue weighted by Gasteiger charge is 2.23. The van der Waals surface area contributed by atoms with Gasteiger partial charge in [-0.1, -0.05) is 45.0 Å². The molecule has 1 atom stereocenters. The third kappa shape index (κ3) is 4.82. The van der Waals surface area contributed by atoms with E-state index >= 15 is 0 Å². The van der Waals surface area contributed by atoms with Crippen LogP contribution < -0.4 is 5.32 Å². The fourth-order valence-corrected chi connectivity index (χ4v) is 3.37. The molecule has 0 bridgehead atoms. The van der Waals surface area contributed by atoms with Crippen molar-refractivity contribution in [3.05, 3.63) is 35.4 Å². The summed E-state index contributed by atoms with van der Waals surface area (Å²) in [5.41, 5.74) is 2.90. The van der Waals surface area contributed by atoms with Gasteiger partial charge in [-0.3, -0.25) is 4.90 Å². The molecule has 1 aliphatic rings. The zero-order chi connectivity index (χ0) is 15.2. The first-order valence-electron chi connectivity index (χ1n) is 8.64. The maximum atomic E-state index is 3.58. The van der Waals surface area contributed by atoms with E-state index in [4.69, 9.17) is 0 Å². The van der Waals surface area contributed by atoms with E-state index in [2.05, 4.69) is 62.2 Å². The van der Waals surface area contributed by atoms with Crippen LogP contribution in [0, 0.1) is 5.92 Å². The topological polar surface area (TPSA) is 15.3 Å². The fraction of sp³-hybridized carbons (Fsp3) is 0.684. The van der Waals surface area contributed by atoms with E-state index in [1.807, 2.05) is 0 Å². The molecule has 1 aromatic rings. The van der Waals surface area contributed by atoms with Crippen molar-refractivity contribution >= 4 is 0 Å². The summed E-state index contributed by atoms with van der Waals surface area (Å²) in [7, 11) is 0. The van der Waals surface area contributed by atoms with E-state index in [1.165, 1.54) is 37.1 Å². The molecule has 1 unspecified atom stereocenters. The molecular formula is C19H32N2. The standard InChI is InChI=1S/C19H32N2/c1-5-20-16(4)19-10-12-21(13-11-19)14-17-6-8-18(9-7-17)15(2)3/h6-9,15-16,19-20H,5,10-14H2,1-4H3. The molecule has 2 heteroatoms. The van der Waals surface area contributed by atoms with E-state index < -0.39 is 0 Å². The summed E-state index contributed by atoms with van der Waals surface area (Å²) in [6.45, 7) is 13.7. The molecule has 1 fully saturated rings. The summed E-state index contributed by atoms with van der Waals surface area (Å²) in [6.07, 6.45) is 2.66. The first kappa shape index (κ1) is 16.5. The van der Waals surface area contributed by atoms with Crippen molar-refractivity contribution in [2.75, 3.05) is 19.6 Å². The van der Waals surface area contributed by atoms with Crippen LogP contribution in [0.3, 0.4) is 0 Å². The van der Waals surface area contributed by atoms with Crippen LogP contribution in [-0.2, 0) is 6.54 Å². The van der Waals surface area contributed by atoms with Crippen molar-refractivity contribution < 1.29 is 0 Å². The lowest BCUT2D eigenvalue weighted by atomic mass is 9.90. The first-order valence-corrected chi connectivity index (χ1v) is 8.64. The predicted molar refractivity (Wildman–Crippen MR) is 91.7 cm³/mol. The SMILES string of the molecule is CCNC(C)C1CCN(Cc2ccc(C(C)C)cc2)CC1.